The maximum absolute atomic E-state index is 11.0. The van der Waals surface area contributed by atoms with Crippen molar-refractivity contribution in [2.45, 2.75) is 106 Å². The summed E-state index contributed by atoms with van der Waals surface area (Å²) >= 11 is 34.5. The molecule has 308 valence electrons. The lowest BCUT2D eigenvalue weighted by molar-refractivity contribution is -0.116. The maximum atomic E-state index is 11.0. The van der Waals surface area contributed by atoms with E-state index >= 15 is 0 Å². The van der Waals surface area contributed by atoms with Crippen molar-refractivity contribution in [3.63, 3.8) is 0 Å². The molecular weight excluding hydrogens is 845 g/mol. The van der Waals surface area contributed by atoms with Crippen LogP contribution < -0.4 is 31.9 Å². The first-order valence-corrected chi connectivity index (χ1v) is 19.9. The Morgan fingerprint density at radius 2 is 0.732 bits per heavy atom. The summed E-state index contributed by atoms with van der Waals surface area (Å²) in [5, 5.41) is 19.9. The van der Waals surface area contributed by atoms with Gasteiger partial charge in [0.25, 0.3) is 0 Å². The number of rotatable bonds is 12. The zero-order chi connectivity index (χ0) is 42.5. The zero-order valence-electron chi connectivity index (χ0n) is 33.0. The highest BCUT2D eigenvalue weighted by Crippen LogP contribution is 2.26. The minimum absolute atomic E-state index is 0.0432. The summed E-state index contributed by atoms with van der Waals surface area (Å²) < 4.78 is 0. The summed E-state index contributed by atoms with van der Waals surface area (Å²) in [6.07, 6.45) is 0.889. The molecule has 2 amide bonds. The van der Waals surface area contributed by atoms with Crippen molar-refractivity contribution in [3.05, 3.63) is 67.1 Å². The lowest BCUT2D eigenvalue weighted by Gasteiger charge is -2.11. The normalized spacial score (nSPS) is 10.4. The third kappa shape index (κ3) is 22.2. The van der Waals surface area contributed by atoms with E-state index in [-0.39, 0.29) is 46.5 Å². The highest BCUT2D eigenvalue weighted by Gasteiger charge is 2.08. The quantitative estimate of drug-likeness (QED) is 0.0792. The summed E-state index contributed by atoms with van der Waals surface area (Å²) in [5.41, 5.74) is 1.34. The average Bonchev–Trinajstić information content (AvgIpc) is 3.07. The molecule has 0 unspecified atom stereocenters. The van der Waals surface area contributed by atoms with Crippen LogP contribution in [0.5, 0.6) is 0 Å². The molecule has 2 aromatic heterocycles. The van der Waals surface area contributed by atoms with Crippen molar-refractivity contribution in [1.29, 1.82) is 0 Å². The summed E-state index contributed by atoms with van der Waals surface area (Å²) in [7, 11) is 0. The summed E-state index contributed by atoms with van der Waals surface area (Å²) in [5.74, 6) is 1.89. The molecule has 0 saturated carbocycles. The minimum Gasteiger partial charge on any atom is -0.352 e. The predicted octanol–water partition coefficient (Wildman–Crippen LogP) is 11.0. The fraction of sp³-hybridized carbons (Fsp3) is 0.444. The van der Waals surface area contributed by atoms with Crippen LogP contribution in [0.4, 0.5) is 35.2 Å². The van der Waals surface area contributed by atoms with E-state index in [1.54, 1.807) is 50.2 Å². The van der Waals surface area contributed by atoms with Crippen LogP contribution in [-0.2, 0) is 9.59 Å². The van der Waals surface area contributed by atoms with Crippen molar-refractivity contribution in [2.75, 3.05) is 31.9 Å². The molecule has 0 fully saturated rings. The molecular formula is C36H50Cl6N12O2. The standard InChI is InChI=1S/2C9H9Cl2NO.2C9H16ClN5/c2*1-2-9(13)12-6-3-4-7(10)8(11)5-6;2*1-5(2)11-8-13-7(10)14-9(15-8)12-6(3)4/h2*3-5H,2H2,1H3,(H,12,13);2*5-6H,1-4H3,(H2,11,12,13,14,15). The number of hydrogen-bond donors (Lipinski definition) is 6. The Kier molecular flexibility index (Phi) is 23.6. The first-order valence-electron chi connectivity index (χ1n) is 17.6. The third-order valence-corrected chi connectivity index (χ3v) is 7.75. The van der Waals surface area contributed by atoms with Crippen molar-refractivity contribution in [2.24, 2.45) is 0 Å². The topological polar surface area (TPSA) is 184 Å². The lowest BCUT2D eigenvalue weighted by Crippen LogP contribution is -2.17. The van der Waals surface area contributed by atoms with E-state index in [1.807, 2.05) is 55.4 Å². The smallest absolute Gasteiger partial charge is 0.228 e. The van der Waals surface area contributed by atoms with Crippen LogP contribution in [0.25, 0.3) is 0 Å². The van der Waals surface area contributed by atoms with E-state index in [0.717, 1.165) is 0 Å². The van der Waals surface area contributed by atoms with Crippen molar-refractivity contribution < 1.29 is 9.59 Å². The van der Waals surface area contributed by atoms with Gasteiger partial charge in [0.2, 0.25) is 46.2 Å². The Labute approximate surface area is 359 Å². The number of anilines is 6. The van der Waals surface area contributed by atoms with Gasteiger partial charge >= 0.3 is 0 Å². The van der Waals surface area contributed by atoms with Gasteiger partial charge in [-0.15, -0.1) is 0 Å². The predicted molar refractivity (Wildman–Crippen MR) is 235 cm³/mol. The second-order valence-corrected chi connectivity index (χ2v) is 15.1. The minimum atomic E-state index is -0.0432. The fourth-order valence-electron chi connectivity index (χ4n) is 3.64. The van der Waals surface area contributed by atoms with E-state index < -0.39 is 0 Å². The Morgan fingerprint density at radius 1 is 0.464 bits per heavy atom. The van der Waals surface area contributed by atoms with Crippen LogP contribution in [-0.4, -0.2) is 65.9 Å². The number of nitrogens with one attached hydrogen (secondary N) is 6. The van der Waals surface area contributed by atoms with Crippen LogP contribution >= 0.6 is 69.6 Å². The second kappa shape index (κ2) is 26.3. The molecule has 14 nitrogen and oxygen atoms in total. The molecule has 56 heavy (non-hydrogen) atoms. The second-order valence-electron chi connectivity index (χ2n) is 12.8. The molecule has 2 aromatic carbocycles. The zero-order valence-corrected chi connectivity index (χ0v) is 37.5. The van der Waals surface area contributed by atoms with Gasteiger partial charge in [0.05, 0.1) is 20.1 Å². The summed E-state index contributed by atoms with van der Waals surface area (Å²) in [6.45, 7) is 19.6. The molecule has 4 rings (SSSR count). The molecule has 0 aliphatic rings. The molecule has 0 atom stereocenters. The van der Waals surface area contributed by atoms with Gasteiger partial charge in [-0.1, -0.05) is 60.3 Å². The first-order chi connectivity index (χ1) is 26.2. The number of carbonyl (C=O) groups is 2. The third-order valence-electron chi connectivity index (χ3n) is 5.94. The summed E-state index contributed by atoms with van der Waals surface area (Å²) in [6, 6.07) is 11.0. The Morgan fingerprint density at radius 3 is 0.946 bits per heavy atom. The number of halogens is 6. The molecule has 0 radical (unpaired) electrons. The van der Waals surface area contributed by atoms with Gasteiger partial charge < -0.3 is 31.9 Å². The highest BCUT2D eigenvalue weighted by molar-refractivity contribution is 6.42. The maximum Gasteiger partial charge on any atom is 0.228 e. The molecule has 0 bridgehead atoms. The largest absolute Gasteiger partial charge is 0.352 e. The number of nitrogens with zero attached hydrogens (tertiary/aromatic N) is 6. The van der Waals surface area contributed by atoms with Gasteiger partial charge in [0, 0.05) is 48.4 Å². The Balaban J connectivity index is 0.000000374. The summed E-state index contributed by atoms with van der Waals surface area (Å²) in [4.78, 5) is 46.2. The molecule has 2 heterocycles. The van der Waals surface area contributed by atoms with Crippen LogP contribution in [0.15, 0.2) is 36.4 Å². The van der Waals surface area contributed by atoms with E-state index in [4.69, 9.17) is 69.6 Å². The number of carbonyl (C=O) groups excluding carboxylic acids is 2. The number of benzene rings is 2. The lowest BCUT2D eigenvalue weighted by atomic mass is 10.3. The molecule has 0 saturated heterocycles. The van der Waals surface area contributed by atoms with Gasteiger partial charge in [-0.05, 0) is 115 Å². The first kappa shape index (κ1) is 50.4. The number of hydrogen-bond acceptors (Lipinski definition) is 12. The molecule has 0 aliphatic carbocycles. The fourth-order valence-corrected chi connectivity index (χ4v) is 4.55. The van der Waals surface area contributed by atoms with Crippen molar-refractivity contribution in [3.8, 4) is 0 Å². The SMILES string of the molecule is CC(C)Nc1nc(Cl)nc(NC(C)C)n1.CC(C)Nc1nc(Cl)nc(NC(C)C)n1.CCC(=O)Nc1ccc(Cl)c(Cl)c1.CCC(=O)Nc1ccc(Cl)c(Cl)c1. The van der Waals surface area contributed by atoms with Crippen LogP contribution in [0.2, 0.25) is 30.7 Å². The molecule has 20 heteroatoms. The Hall–Kier alpha value is -3.66. The number of aromatic nitrogens is 6. The van der Waals surface area contributed by atoms with Gasteiger partial charge in [0.15, 0.2) is 0 Å². The monoisotopic (exact) mass is 892 g/mol. The molecule has 6 N–H and O–H groups in total. The average molecular weight is 896 g/mol. The molecule has 0 spiro atoms. The van der Waals surface area contributed by atoms with E-state index in [0.29, 0.717) is 68.1 Å². The molecule has 4 aromatic rings. The molecule has 0 aliphatic heterocycles. The Bertz CT molecular complexity index is 1650. The van der Waals surface area contributed by atoms with Crippen molar-refractivity contribution in [1.82, 2.24) is 29.9 Å². The van der Waals surface area contributed by atoms with E-state index in [1.165, 1.54) is 0 Å². The van der Waals surface area contributed by atoms with Crippen LogP contribution in [0.1, 0.15) is 82.1 Å². The van der Waals surface area contributed by atoms with Gasteiger partial charge in [-0.2, -0.15) is 29.9 Å². The van der Waals surface area contributed by atoms with Crippen LogP contribution in [0.3, 0.4) is 0 Å². The van der Waals surface area contributed by atoms with E-state index in [2.05, 4.69) is 61.8 Å². The van der Waals surface area contributed by atoms with Gasteiger partial charge in [0.1, 0.15) is 0 Å². The van der Waals surface area contributed by atoms with Gasteiger partial charge in [-0.25, -0.2) is 0 Å². The van der Waals surface area contributed by atoms with Crippen molar-refractivity contribution >= 4 is 117 Å². The number of amides is 2. The van der Waals surface area contributed by atoms with Crippen LogP contribution in [0, 0.1) is 0 Å². The van der Waals surface area contributed by atoms with Gasteiger partial charge in [-0.3, -0.25) is 9.59 Å². The highest BCUT2D eigenvalue weighted by atomic mass is 35.5. The van der Waals surface area contributed by atoms with E-state index in [9.17, 15) is 9.59 Å².